The van der Waals surface area contributed by atoms with Gasteiger partial charge in [0.05, 0.1) is 25.1 Å². The maximum absolute atomic E-state index is 12.5. The van der Waals surface area contributed by atoms with Crippen LogP contribution >= 0.6 is 11.6 Å². The molecular weight excluding hydrogens is 278 g/mol. The van der Waals surface area contributed by atoms with E-state index in [2.05, 4.69) is 4.98 Å². The number of hydrogen-bond donors (Lipinski definition) is 0. The zero-order valence-electron chi connectivity index (χ0n) is 10.6. The summed E-state index contributed by atoms with van der Waals surface area (Å²) in [6.45, 7) is 4.69. The quantitative estimate of drug-likeness (QED) is 0.812. The lowest BCUT2D eigenvalue weighted by Gasteiger charge is -2.40. The van der Waals surface area contributed by atoms with E-state index in [0.29, 0.717) is 19.8 Å². The standard InChI is InChI=1S/C10H16ClN3O3S/c1-10(2)6-17-5-4-14(10)18(15,16)9-8(11)13(3)7-12-9/h7H,4-6H2,1-3H3. The van der Waals surface area contributed by atoms with Crippen LogP contribution in [0, 0.1) is 0 Å². The molecular formula is C10H16ClN3O3S. The number of nitrogens with zero attached hydrogens (tertiary/aromatic N) is 3. The van der Waals surface area contributed by atoms with E-state index in [4.69, 9.17) is 16.3 Å². The lowest BCUT2D eigenvalue weighted by atomic mass is 10.1. The smallest absolute Gasteiger partial charge is 0.264 e. The molecule has 0 bridgehead atoms. The van der Waals surface area contributed by atoms with Crippen LogP contribution in [0.25, 0.3) is 0 Å². The monoisotopic (exact) mass is 293 g/mol. The zero-order chi connectivity index (χ0) is 13.6. The van der Waals surface area contributed by atoms with Crippen molar-refractivity contribution in [2.45, 2.75) is 24.4 Å². The first kappa shape index (κ1) is 13.8. The summed E-state index contributed by atoms with van der Waals surface area (Å²) in [5.74, 6) is 0. The molecule has 0 aliphatic carbocycles. The van der Waals surface area contributed by atoms with Gasteiger partial charge in [0.15, 0.2) is 0 Å². The van der Waals surface area contributed by atoms with Crippen molar-refractivity contribution >= 4 is 21.6 Å². The molecule has 2 rings (SSSR count). The molecule has 6 nitrogen and oxygen atoms in total. The van der Waals surface area contributed by atoms with Crippen molar-refractivity contribution < 1.29 is 13.2 Å². The van der Waals surface area contributed by atoms with Crippen molar-refractivity contribution in [2.24, 2.45) is 7.05 Å². The maximum Gasteiger partial charge on any atom is 0.264 e. The molecule has 0 unspecified atom stereocenters. The number of aromatic nitrogens is 2. The first-order valence-electron chi connectivity index (χ1n) is 5.54. The van der Waals surface area contributed by atoms with E-state index >= 15 is 0 Å². The van der Waals surface area contributed by atoms with Gasteiger partial charge in [-0.3, -0.25) is 0 Å². The Kier molecular flexibility index (Phi) is 3.44. The van der Waals surface area contributed by atoms with Crippen molar-refractivity contribution in [1.29, 1.82) is 0 Å². The number of ether oxygens (including phenoxy) is 1. The third kappa shape index (κ3) is 2.16. The molecule has 1 aliphatic heterocycles. The summed E-state index contributed by atoms with van der Waals surface area (Å²) in [5.41, 5.74) is -0.599. The first-order chi connectivity index (χ1) is 8.27. The number of sulfonamides is 1. The molecule has 1 fully saturated rings. The van der Waals surface area contributed by atoms with Crippen LogP contribution in [0.15, 0.2) is 11.4 Å². The Morgan fingerprint density at radius 3 is 2.67 bits per heavy atom. The zero-order valence-corrected chi connectivity index (χ0v) is 12.1. The highest BCUT2D eigenvalue weighted by Gasteiger charge is 2.41. The van der Waals surface area contributed by atoms with Gasteiger partial charge in [-0.15, -0.1) is 0 Å². The Balaban J connectivity index is 2.45. The van der Waals surface area contributed by atoms with Crippen molar-refractivity contribution in [3.05, 3.63) is 11.5 Å². The number of rotatable bonds is 2. The first-order valence-corrected chi connectivity index (χ1v) is 7.36. The molecule has 8 heteroatoms. The lowest BCUT2D eigenvalue weighted by Crippen LogP contribution is -2.55. The topological polar surface area (TPSA) is 64.4 Å². The summed E-state index contributed by atoms with van der Waals surface area (Å²) in [7, 11) is -2.04. The van der Waals surface area contributed by atoms with Gasteiger partial charge in [0.25, 0.3) is 10.0 Å². The van der Waals surface area contributed by atoms with Crippen LogP contribution in [0.2, 0.25) is 5.15 Å². The van der Waals surface area contributed by atoms with Crippen LogP contribution in [0.4, 0.5) is 0 Å². The fourth-order valence-electron chi connectivity index (χ4n) is 1.96. The normalized spacial score (nSPS) is 21.1. The van der Waals surface area contributed by atoms with Gasteiger partial charge in [0, 0.05) is 13.6 Å². The van der Waals surface area contributed by atoms with Gasteiger partial charge in [0.1, 0.15) is 5.15 Å². The van der Waals surface area contributed by atoms with Gasteiger partial charge < -0.3 is 9.30 Å². The molecule has 102 valence electrons. The third-order valence-corrected chi connectivity index (χ3v) is 5.54. The maximum atomic E-state index is 12.5. The average molecular weight is 294 g/mol. The predicted octanol–water partition coefficient (Wildman–Crippen LogP) is 0.873. The molecule has 0 spiro atoms. The summed E-state index contributed by atoms with van der Waals surface area (Å²) in [5, 5.41) is 0.0268. The van der Waals surface area contributed by atoms with E-state index in [9.17, 15) is 8.42 Å². The number of hydrogen-bond acceptors (Lipinski definition) is 4. The van der Waals surface area contributed by atoms with Crippen LogP contribution < -0.4 is 0 Å². The lowest BCUT2D eigenvalue weighted by molar-refractivity contribution is -0.00780. The molecule has 1 aromatic rings. The van der Waals surface area contributed by atoms with E-state index in [1.807, 2.05) is 13.8 Å². The van der Waals surface area contributed by atoms with Crippen LogP contribution in [0.1, 0.15) is 13.8 Å². The minimum absolute atomic E-state index is 0.0957. The van der Waals surface area contributed by atoms with E-state index in [0.717, 1.165) is 0 Å². The number of imidazole rings is 1. The molecule has 0 saturated carbocycles. The van der Waals surface area contributed by atoms with Crippen molar-refractivity contribution in [2.75, 3.05) is 19.8 Å². The molecule has 0 amide bonds. The highest BCUT2D eigenvalue weighted by molar-refractivity contribution is 7.89. The molecule has 18 heavy (non-hydrogen) atoms. The fourth-order valence-corrected chi connectivity index (χ4v) is 4.11. The second kappa shape index (κ2) is 4.48. The third-order valence-electron chi connectivity index (χ3n) is 2.94. The predicted molar refractivity (Wildman–Crippen MR) is 67.0 cm³/mol. The Morgan fingerprint density at radius 1 is 1.50 bits per heavy atom. The van der Waals surface area contributed by atoms with Crippen LogP contribution in [-0.4, -0.2) is 47.6 Å². The number of morpholine rings is 1. The van der Waals surface area contributed by atoms with Gasteiger partial charge in [-0.05, 0) is 13.8 Å². The SMILES string of the molecule is Cn1cnc(S(=O)(=O)N2CCOCC2(C)C)c1Cl. The molecule has 0 atom stereocenters. The molecule has 2 heterocycles. The van der Waals surface area contributed by atoms with Crippen LogP contribution in [0.3, 0.4) is 0 Å². The Hall–Kier alpha value is -0.630. The summed E-state index contributed by atoms with van der Waals surface area (Å²) >= 11 is 5.97. The molecule has 0 radical (unpaired) electrons. The van der Waals surface area contributed by atoms with Gasteiger partial charge in [-0.25, -0.2) is 13.4 Å². The molecule has 1 saturated heterocycles. The van der Waals surface area contributed by atoms with E-state index in [1.54, 1.807) is 7.05 Å². The minimum Gasteiger partial charge on any atom is -0.378 e. The summed E-state index contributed by atoms with van der Waals surface area (Å²) in [4.78, 5) is 3.89. The van der Waals surface area contributed by atoms with E-state index in [1.165, 1.54) is 15.2 Å². The molecule has 1 aliphatic rings. The van der Waals surface area contributed by atoms with Crippen molar-refractivity contribution in [1.82, 2.24) is 13.9 Å². The molecule has 0 N–H and O–H groups in total. The van der Waals surface area contributed by atoms with Crippen LogP contribution in [-0.2, 0) is 21.8 Å². The van der Waals surface area contributed by atoms with Crippen LogP contribution in [0.5, 0.6) is 0 Å². The second-order valence-corrected chi connectivity index (χ2v) is 7.03. The number of halogens is 1. The summed E-state index contributed by atoms with van der Waals surface area (Å²) < 4.78 is 33.3. The largest absolute Gasteiger partial charge is 0.378 e. The van der Waals surface area contributed by atoms with Crippen molar-refractivity contribution in [3.63, 3.8) is 0 Å². The summed E-state index contributed by atoms with van der Waals surface area (Å²) in [6, 6.07) is 0. The van der Waals surface area contributed by atoms with Gasteiger partial charge in [-0.1, -0.05) is 11.6 Å². The van der Waals surface area contributed by atoms with E-state index < -0.39 is 15.6 Å². The molecule has 0 aromatic carbocycles. The minimum atomic E-state index is -3.69. The van der Waals surface area contributed by atoms with E-state index in [-0.39, 0.29) is 10.2 Å². The van der Waals surface area contributed by atoms with Crippen molar-refractivity contribution in [3.8, 4) is 0 Å². The Bertz CT molecular complexity index is 553. The van der Waals surface area contributed by atoms with Gasteiger partial charge >= 0.3 is 0 Å². The Labute approximate surface area is 112 Å². The van der Waals surface area contributed by atoms with Gasteiger partial charge in [0.2, 0.25) is 5.03 Å². The highest BCUT2D eigenvalue weighted by Crippen LogP contribution is 2.29. The van der Waals surface area contributed by atoms with Gasteiger partial charge in [-0.2, -0.15) is 4.31 Å². The molecule has 1 aromatic heterocycles. The average Bonchev–Trinajstić information content (AvgIpc) is 2.59. The highest BCUT2D eigenvalue weighted by atomic mass is 35.5. The Morgan fingerprint density at radius 2 is 2.17 bits per heavy atom. The number of aryl methyl sites for hydroxylation is 1. The summed E-state index contributed by atoms with van der Waals surface area (Å²) in [6.07, 6.45) is 1.39. The fraction of sp³-hybridized carbons (Fsp3) is 0.700. The second-order valence-electron chi connectivity index (χ2n) is 4.89.